The predicted molar refractivity (Wildman–Crippen MR) is 80.4 cm³/mol. The first-order valence-corrected chi connectivity index (χ1v) is 7.15. The number of hydrogen-bond acceptors (Lipinski definition) is 1. The smallest absolute Gasteiger partial charge is 0.254 e. The van der Waals surface area contributed by atoms with Crippen molar-refractivity contribution in [2.24, 2.45) is 0 Å². The monoisotopic (exact) mass is 273 g/mol. The van der Waals surface area contributed by atoms with E-state index < -0.39 is 0 Å². The first-order chi connectivity index (χ1) is 9.69. The van der Waals surface area contributed by atoms with E-state index >= 15 is 0 Å². The van der Waals surface area contributed by atoms with Crippen LogP contribution in [0.1, 0.15) is 37.0 Å². The van der Waals surface area contributed by atoms with Gasteiger partial charge in [-0.1, -0.05) is 38.1 Å². The highest BCUT2D eigenvalue weighted by molar-refractivity contribution is 6.07. The van der Waals surface area contributed by atoms with E-state index in [1.165, 1.54) is 6.07 Å². The summed E-state index contributed by atoms with van der Waals surface area (Å²) >= 11 is 0. The Morgan fingerprint density at radius 2 is 1.60 bits per heavy atom. The third-order valence-electron chi connectivity index (χ3n) is 3.38. The molecule has 0 aliphatic carbocycles. The van der Waals surface area contributed by atoms with Crippen molar-refractivity contribution >= 4 is 16.7 Å². The van der Waals surface area contributed by atoms with E-state index in [0.29, 0.717) is 16.3 Å². The maximum atomic E-state index is 13.8. The van der Waals surface area contributed by atoms with Gasteiger partial charge in [0, 0.05) is 24.0 Å². The molecule has 2 nitrogen and oxygen atoms in total. The van der Waals surface area contributed by atoms with Gasteiger partial charge in [-0.2, -0.15) is 0 Å². The van der Waals surface area contributed by atoms with E-state index in [9.17, 15) is 9.18 Å². The number of rotatable bonds is 5. The number of carbonyl (C=O) groups excluding carboxylic acids is 1. The molecule has 0 atom stereocenters. The molecule has 0 radical (unpaired) electrons. The van der Waals surface area contributed by atoms with Crippen LogP contribution in [0.5, 0.6) is 0 Å². The lowest BCUT2D eigenvalue weighted by atomic mass is 10.0. The molecule has 0 aliphatic rings. The zero-order valence-electron chi connectivity index (χ0n) is 12.0. The fraction of sp³-hybridized carbons (Fsp3) is 0.353. The minimum Gasteiger partial charge on any atom is -0.339 e. The largest absolute Gasteiger partial charge is 0.339 e. The molecule has 0 aliphatic heterocycles. The van der Waals surface area contributed by atoms with Gasteiger partial charge in [0.2, 0.25) is 0 Å². The van der Waals surface area contributed by atoms with Gasteiger partial charge in [-0.25, -0.2) is 4.39 Å². The summed E-state index contributed by atoms with van der Waals surface area (Å²) in [7, 11) is 0. The van der Waals surface area contributed by atoms with Gasteiger partial charge in [0.25, 0.3) is 5.91 Å². The summed E-state index contributed by atoms with van der Waals surface area (Å²) in [6.07, 6.45) is 1.84. The number of hydrogen-bond donors (Lipinski definition) is 0. The predicted octanol–water partition coefficient (Wildman–Crippen LogP) is 4.24. The quantitative estimate of drug-likeness (QED) is 0.798. The second-order valence-electron chi connectivity index (χ2n) is 4.93. The zero-order chi connectivity index (χ0) is 14.5. The minimum absolute atomic E-state index is 0.00935. The number of amides is 1. The zero-order valence-corrected chi connectivity index (χ0v) is 12.0. The third-order valence-corrected chi connectivity index (χ3v) is 3.38. The lowest BCUT2D eigenvalue weighted by molar-refractivity contribution is 0.0757. The van der Waals surface area contributed by atoms with Crippen molar-refractivity contribution in [2.45, 2.75) is 26.7 Å². The molecular weight excluding hydrogens is 253 g/mol. The first kappa shape index (κ1) is 14.5. The molecule has 1 amide bonds. The Bertz CT molecular complexity index is 603. The molecule has 0 unspecified atom stereocenters. The Balaban J connectivity index is 2.46. The summed E-state index contributed by atoms with van der Waals surface area (Å²) in [5, 5.41) is 1.20. The number of fused-ring (bicyclic) bond motifs is 1. The van der Waals surface area contributed by atoms with Crippen LogP contribution in [-0.4, -0.2) is 23.9 Å². The Morgan fingerprint density at radius 1 is 1.00 bits per heavy atom. The second kappa shape index (κ2) is 6.51. The van der Waals surface area contributed by atoms with Crippen molar-refractivity contribution in [1.29, 1.82) is 0 Å². The highest BCUT2D eigenvalue weighted by Gasteiger charge is 2.17. The van der Waals surface area contributed by atoms with Crippen molar-refractivity contribution in [1.82, 2.24) is 4.90 Å². The van der Waals surface area contributed by atoms with E-state index in [0.717, 1.165) is 25.9 Å². The number of carbonyl (C=O) groups is 1. The molecule has 0 spiro atoms. The molecule has 0 heterocycles. The molecule has 20 heavy (non-hydrogen) atoms. The lowest BCUT2D eigenvalue weighted by Gasteiger charge is -2.22. The topological polar surface area (TPSA) is 20.3 Å². The summed E-state index contributed by atoms with van der Waals surface area (Å²) in [5.41, 5.74) is 0.587. The summed E-state index contributed by atoms with van der Waals surface area (Å²) in [6, 6.07) is 10.1. The van der Waals surface area contributed by atoms with Crippen molar-refractivity contribution in [3.05, 3.63) is 47.8 Å². The Hall–Kier alpha value is -1.90. The van der Waals surface area contributed by atoms with Gasteiger partial charge in [-0.05, 0) is 30.4 Å². The van der Waals surface area contributed by atoms with Gasteiger partial charge >= 0.3 is 0 Å². The van der Waals surface area contributed by atoms with Gasteiger partial charge in [0.05, 0.1) is 0 Å². The molecule has 0 fully saturated rings. The number of halogens is 1. The van der Waals surface area contributed by atoms with Crippen molar-refractivity contribution in [3.63, 3.8) is 0 Å². The molecule has 0 saturated heterocycles. The van der Waals surface area contributed by atoms with E-state index in [1.807, 2.05) is 17.0 Å². The average molecular weight is 273 g/mol. The van der Waals surface area contributed by atoms with Gasteiger partial charge in [-0.15, -0.1) is 0 Å². The van der Waals surface area contributed by atoms with Crippen LogP contribution in [0.15, 0.2) is 36.4 Å². The molecular formula is C17H20FNO. The highest BCUT2D eigenvalue weighted by atomic mass is 19.1. The molecule has 2 aromatic carbocycles. The number of benzene rings is 2. The minimum atomic E-state index is -0.283. The SMILES string of the molecule is CCCN(CCC)C(=O)c1ccc(F)c2ccccc12. The van der Waals surface area contributed by atoms with E-state index in [-0.39, 0.29) is 11.7 Å². The van der Waals surface area contributed by atoms with Gasteiger partial charge in [0.1, 0.15) is 5.82 Å². The Kier molecular flexibility index (Phi) is 4.72. The summed E-state index contributed by atoms with van der Waals surface area (Å²) in [5.74, 6) is -0.292. The summed E-state index contributed by atoms with van der Waals surface area (Å²) in [4.78, 5) is 14.5. The van der Waals surface area contributed by atoms with Crippen LogP contribution in [0.4, 0.5) is 4.39 Å². The standard InChI is InChI=1S/C17H20FNO/c1-3-11-19(12-4-2)17(20)15-9-10-16(18)14-8-6-5-7-13(14)15/h5-10H,3-4,11-12H2,1-2H3. The lowest BCUT2D eigenvalue weighted by Crippen LogP contribution is -2.32. The average Bonchev–Trinajstić information content (AvgIpc) is 2.47. The maximum Gasteiger partial charge on any atom is 0.254 e. The number of nitrogens with zero attached hydrogens (tertiary/aromatic N) is 1. The molecule has 0 aromatic heterocycles. The molecule has 2 aromatic rings. The Morgan fingerprint density at radius 3 is 2.20 bits per heavy atom. The fourth-order valence-corrected chi connectivity index (χ4v) is 2.47. The normalized spacial score (nSPS) is 10.8. The highest BCUT2D eigenvalue weighted by Crippen LogP contribution is 2.23. The first-order valence-electron chi connectivity index (χ1n) is 7.15. The van der Waals surface area contributed by atoms with Crippen LogP contribution in [-0.2, 0) is 0 Å². The molecule has 0 saturated carbocycles. The maximum absolute atomic E-state index is 13.8. The summed E-state index contributed by atoms with van der Waals surface area (Å²) < 4.78 is 13.8. The van der Waals surface area contributed by atoms with Crippen LogP contribution >= 0.6 is 0 Å². The van der Waals surface area contributed by atoms with Crippen LogP contribution in [0, 0.1) is 5.82 Å². The Labute approximate surface area is 119 Å². The van der Waals surface area contributed by atoms with Gasteiger partial charge < -0.3 is 4.90 Å². The van der Waals surface area contributed by atoms with Crippen LogP contribution in [0.2, 0.25) is 0 Å². The van der Waals surface area contributed by atoms with Crippen LogP contribution < -0.4 is 0 Å². The van der Waals surface area contributed by atoms with Crippen LogP contribution in [0.3, 0.4) is 0 Å². The van der Waals surface area contributed by atoms with E-state index in [1.54, 1.807) is 18.2 Å². The summed E-state index contributed by atoms with van der Waals surface area (Å²) in [6.45, 7) is 5.58. The van der Waals surface area contributed by atoms with Gasteiger partial charge in [0.15, 0.2) is 0 Å². The fourth-order valence-electron chi connectivity index (χ4n) is 2.47. The van der Waals surface area contributed by atoms with Crippen molar-refractivity contribution in [3.8, 4) is 0 Å². The van der Waals surface area contributed by atoms with Gasteiger partial charge in [-0.3, -0.25) is 4.79 Å². The van der Waals surface area contributed by atoms with E-state index in [4.69, 9.17) is 0 Å². The third kappa shape index (κ3) is 2.82. The van der Waals surface area contributed by atoms with Crippen molar-refractivity contribution in [2.75, 3.05) is 13.1 Å². The molecule has 3 heteroatoms. The van der Waals surface area contributed by atoms with E-state index in [2.05, 4.69) is 13.8 Å². The van der Waals surface area contributed by atoms with Crippen LogP contribution in [0.25, 0.3) is 10.8 Å². The molecule has 0 N–H and O–H groups in total. The molecule has 2 rings (SSSR count). The second-order valence-corrected chi connectivity index (χ2v) is 4.93. The molecule has 106 valence electrons. The molecule has 0 bridgehead atoms. The van der Waals surface area contributed by atoms with Crippen molar-refractivity contribution < 1.29 is 9.18 Å².